The van der Waals surface area contributed by atoms with Crippen LogP contribution in [0.1, 0.15) is 24.2 Å². The van der Waals surface area contributed by atoms with Crippen molar-refractivity contribution in [2.24, 2.45) is 0 Å². The van der Waals surface area contributed by atoms with Crippen molar-refractivity contribution >= 4 is 45.1 Å². The molecule has 34 heavy (non-hydrogen) atoms. The Morgan fingerprint density at radius 1 is 1.09 bits per heavy atom. The summed E-state index contributed by atoms with van der Waals surface area (Å²) >= 11 is 2.71. The molecule has 182 valence electrons. The number of nitrogens with two attached hydrogens (primary N) is 1. The maximum Gasteiger partial charge on any atom is 0.190 e. The number of nitrogens with one attached hydrogen (secondary N) is 1. The van der Waals surface area contributed by atoms with Gasteiger partial charge >= 0.3 is 0 Å². The molecule has 0 spiro atoms. The first-order valence-electron chi connectivity index (χ1n) is 11.3. The summed E-state index contributed by atoms with van der Waals surface area (Å²) in [7, 11) is 0. The molecule has 1 atom stereocenters. The molecule has 0 aliphatic heterocycles. The summed E-state index contributed by atoms with van der Waals surface area (Å²) in [5.74, 6) is 1.71. The van der Waals surface area contributed by atoms with Crippen molar-refractivity contribution in [2.75, 3.05) is 43.5 Å². The van der Waals surface area contributed by atoms with Gasteiger partial charge in [0.25, 0.3) is 0 Å². The molecule has 0 aliphatic rings. The second kappa shape index (κ2) is 13.6. The zero-order valence-electron chi connectivity index (χ0n) is 19.3. The van der Waals surface area contributed by atoms with Gasteiger partial charge in [0.15, 0.2) is 5.12 Å². The van der Waals surface area contributed by atoms with Crippen LogP contribution >= 0.6 is 23.5 Å². The van der Waals surface area contributed by atoms with E-state index in [1.165, 1.54) is 29.3 Å². The highest BCUT2D eigenvalue weighted by atomic mass is 32.2. The topological polar surface area (TPSA) is 105 Å². The number of phenols is 1. The Labute approximate surface area is 209 Å². The summed E-state index contributed by atoms with van der Waals surface area (Å²) in [5, 5.41) is 26.0. The third-order valence-electron chi connectivity index (χ3n) is 5.34. The van der Waals surface area contributed by atoms with Gasteiger partial charge in [-0.2, -0.15) is 11.8 Å². The number of hydrogen-bond acceptors (Lipinski definition) is 8. The van der Waals surface area contributed by atoms with Crippen LogP contribution in [0.15, 0.2) is 59.5 Å². The number of rotatable bonds is 13. The lowest BCUT2D eigenvalue weighted by atomic mass is 10.0. The standard InChI is InChI=1S/C26H32N2O4S2/c1-18(29)34-26-22(9-10-23(30)25(26)27)24(31)17-28-12-15-33-16-14-32-13-11-20-7-4-6-19-5-2-3-8-21(19)20/h2-10,24,28,30-31H,11-17,27H2,1H3. The molecule has 0 aliphatic carbocycles. The van der Waals surface area contributed by atoms with Crippen molar-refractivity contribution in [1.82, 2.24) is 5.32 Å². The molecule has 1 unspecified atom stereocenters. The van der Waals surface area contributed by atoms with Crippen LogP contribution in [0.4, 0.5) is 5.69 Å². The van der Waals surface area contributed by atoms with Gasteiger partial charge in [0.05, 0.1) is 25.0 Å². The zero-order chi connectivity index (χ0) is 24.3. The van der Waals surface area contributed by atoms with Gasteiger partial charge in [-0.3, -0.25) is 4.79 Å². The molecule has 6 nitrogen and oxygen atoms in total. The maximum absolute atomic E-state index is 11.5. The molecule has 3 aromatic rings. The molecule has 0 aromatic heterocycles. The molecular formula is C26H32N2O4S2. The fourth-order valence-corrected chi connectivity index (χ4v) is 5.19. The fourth-order valence-electron chi connectivity index (χ4n) is 3.63. The summed E-state index contributed by atoms with van der Waals surface area (Å²) in [5.41, 5.74) is 7.87. The second-order valence-electron chi connectivity index (χ2n) is 7.84. The number of aromatic hydroxyl groups is 1. The van der Waals surface area contributed by atoms with E-state index in [0.717, 1.165) is 36.2 Å². The van der Waals surface area contributed by atoms with Gasteiger partial charge in [-0.25, -0.2) is 0 Å². The lowest BCUT2D eigenvalue weighted by Crippen LogP contribution is -2.24. The number of ether oxygens (including phenoxy) is 1. The maximum atomic E-state index is 11.5. The van der Waals surface area contributed by atoms with Gasteiger partial charge in [-0.1, -0.05) is 48.5 Å². The number of nitrogen functional groups attached to an aromatic ring is 1. The van der Waals surface area contributed by atoms with Crippen molar-refractivity contribution in [3.63, 3.8) is 0 Å². The number of phenolic OH excluding ortho intramolecular Hbond substituents is 1. The highest BCUT2D eigenvalue weighted by molar-refractivity contribution is 8.13. The lowest BCUT2D eigenvalue weighted by Gasteiger charge is -2.17. The first-order chi connectivity index (χ1) is 16.5. The summed E-state index contributed by atoms with van der Waals surface area (Å²) < 4.78 is 5.81. The van der Waals surface area contributed by atoms with E-state index in [0.29, 0.717) is 30.2 Å². The van der Waals surface area contributed by atoms with Crippen LogP contribution in [-0.2, 0) is 16.0 Å². The fraction of sp³-hybridized carbons (Fsp3) is 0.346. The lowest BCUT2D eigenvalue weighted by molar-refractivity contribution is -0.109. The average Bonchev–Trinajstić information content (AvgIpc) is 2.83. The monoisotopic (exact) mass is 500 g/mol. The van der Waals surface area contributed by atoms with Crippen LogP contribution in [0.25, 0.3) is 10.8 Å². The van der Waals surface area contributed by atoms with E-state index in [2.05, 4.69) is 47.8 Å². The van der Waals surface area contributed by atoms with E-state index in [1.54, 1.807) is 17.8 Å². The Kier molecular flexibility index (Phi) is 10.6. The van der Waals surface area contributed by atoms with E-state index < -0.39 is 6.10 Å². The summed E-state index contributed by atoms with van der Waals surface area (Å²) in [6.45, 7) is 3.90. The van der Waals surface area contributed by atoms with Crippen LogP contribution in [0.5, 0.6) is 5.75 Å². The number of anilines is 1. The molecule has 3 rings (SSSR count). The van der Waals surface area contributed by atoms with E-state index in [-0.39, 0.29) is 16.6 Å². The van der Waals surface area contributed by atoms with Gasteiger partial charge < -0.3 is 26.0 Å². The van der Waals surface area contributed by atoms with E-state index in [1.807, 2.05) is 0 Å². The number of aliphatic hydroxyl groups is 1. The van der Waals surface area contributed by atoms with Crippen molar-refractivity contribution in [3.05, 3.63) is 65.7 Å². The minimum absolute atomic E-state index is 0.0941. The average molecular weight is 501 g/mol. The molecule has 0 saturated carbocycles. The third kappa shape index (κ3) is 7.65. The Balaban J connectivity index is 1.29. The van der Waals surface area contributed by atoms with Crippen LogP contribution in [-0.4, -0.2) is 53.1 Å². The predicted molar refractivity (Wildman–Crippen MR) is 143 cm³/mol. The Hall–Kier alpha value is -2.23. The van der Waals surface area contributed by atoms with E-state index >= 15 is 0 Å². The summed E-state index contributed by atoms with van der Waals surface area (Å²) in [6.07, 6.45) is 0.0732. The molecule has 0 radical (unpaired) electrons. The zero-order valence-corrected chi connectivity index (χ0v) is 21.0. The summed E-state index contributed by atoms with van der Waals surface area (Å²) in [4.78, 5) is 11.9. The third-order valence-corrected chi connectivity index (χ3v) is 7.23. The predicted octanol–water partition coefficient (Wildman–Crippen LogP) is 4.38. The minimum Gasteiger partial charge on any atom is -0.506 e. The highest BCUT2D eigenvalue weighted by Gasteiger charge is 2.18. The molecule has 0 amide bonds. The number of fused-ring (bicyclic) bond motifs is 1. The van der Waals surface area contributed by atoms with Gasteiger partial charge in [-0.05, 0) is 46.1 Å². The quantitative estimate of drug-likeness (QED) is 0.119. The highest BCUT2D eigenvalue weighted by Crippen LogP contribution is 2.38. The normalized spacial score (nSPS) is 12.2. The number of aliphatic hydroxyl groups excluding tert-OH is 1. The Morgan fingerprint density at radius 2 is 1.88 bits per heavy atom. The first kappa shape index (κ1) is 26.4. The van der Waals surface area contributed by atoms with Gasteiger partial charge in [0.1, 0.15) is 5.75 Å². The van der Waals surface area contributed by atoms with Crippen molar-refractivity contribution in [2.45, 2.75) is 24.3 Å². The van der Waals surface area contributed by atoms with Crippen LogP contribution in [0.2, 0.25) is 0 Å². The molecule has 0 bridgehead atoms. The van der Waals surface area contributed by atoms with Crippen molar-refractivity contribution in [3.8, 4) is 5.75 Å². The molecule has 3 aromatic carbocycles. The molecule has 5 N–H and O–H groups in total. The molecular weight excluding hydrogens is 468 g/mol. The first-order valence-corrected chi connectivity index (χ1v) is 13.2. The molecule has 8 heteroatoms. The number of hydrogen-bond donors (Lipinski definition) is 4. The summed E-state index contributed by atoms with van der Waals surface area (Å²) in [6, 6.07) is 17.9. The van der Waals surface area contributed by atoms with Gasteiger partial charge in [-0.15, -0.1) is 0 Å². The van der Waals surface area contributed by atoms with Crippen LogP contribution < -0.4 is 11.1 Å². The number of carbonyl (C=O) groups excluding carboxylic acids is 1. The Bertz CT molecular complexity index is 1090. The molecule has 0 heterocycles. The smallest absolute Gasteiger partial charge is 0.190 e. The van der Waals surface area contributed by atoms with Crippen LogP contribution in [0, 0.1) is 0 Å². The number of thioether (sulfide) groups is 2. The van der Waals surface area contributed by atoms with E-state index in [9.17, 15) is 15.0 Å². The second-order valence-corrected chi connectivity index (χ2v) is 10.3. The molecule has 0 fully saturated rings. The number of benzene rings is 3. The minimum atomic E-state index is -0.827. The largest absolute Gasteiger partial charge is 0.506 e. The van der Waals surface area contributed by atoms with Gasteiger partial charge in [0.2, 0.25) is 0 Å². The van der Waals surface area contributed by atoms with Crippen molar-refractivity contribution in [1.29, 1.82) is 0 Å². The SMILES string of the molecule is CC(=O)Sc1c(C(O)CNCCSCCOCCc2cccc3ccccc23)ccc(O)c1N. The Morgan fingerprint density at radius 3 is 2.71 bits per heavy atom. The van der Waals surface area contributed by atoms with E-state index in [4.69, 9.17) is 10.5 Å². The molecule has 0 saturated heterocycles. The van der Waals surface area contributed by atoms with Crippen LogP contribution in [0.3, 0.4) is 0 Å². The van der Waals surface area contributed by atoms with Crippen molar-refractivity contribution < 1.29 is 19.7 Å². The van der Waals surface area contributed by atoms with Gasteiger partial charge in [0, 0.05) is 36.4 Å². The number of carbonyl (C=O) groups is 1.